The van der Waals surface area contributed by atoms with E-state index in [2.05, 4.69) is 10.4 Å². The molecule has 2 fully saturated rings. The SMILES string of the molecule is O=C(c1ccn(C2CCCNC2)n1)N1CCOCC1CC(O)c1cccs1. The first-order valence-electron chi connectivity index (χ1n) is 9.58. The van der Waals surface area contributed by atoms with Gasteiger partial charge >= 0.3 is 0 Å². The number of piperidine rings is 1. The molecule has 2 saturated heterocycles. The van der Waals surface area contributed by atoms with Crippen LogP contribution in [0, 0.1) is 0 Å². The molecule has 4 rings (SSSR count). The number of nitrogens with one attached hydrogen (secondary N) is 1. The van der Waals surface area contributed by atoms with Crippen molar-refractivity contribution < 1.29 is 14.6 Å². The van der Waals surface area contributed by atoms with Crippen LogP contribution in [0.5, 0.6) is 0 Å². The third kappa shape index (κ3) is 4.24. The van der Waals surface area contributed by atoms with Crippen molar-refractivity contribution in [3.8, 4) is 0 Å². The second-order valence-corrected chi connectivity index (χ2v) is 8.15. The molecule has 2 N–H and O–H groups in total. The highest BCUT2D eigenvalue weighted by molar-refractivity contribution is 7.10. The Balaban J connectivity index is 1.45. The van der Waals surface area contributed by atoms with E-state index in [1.807, 2.05) is 33.3 Å². The quantitative estimate of drug-likeness (QED) is 0.814. The van der Waals surface area contributed by atoms with Crippen LogP contribution < -0.4 is 5.32 Å². The van der Waals surface area contributed by atoms with Gasteiger partial charge in [-0.3, -0.25) is 9.48 Å². The van der Waals surface area contributed by atoms with Crippen molar-refractivity contribution >= 4 is 17.2 Å². The first kappa shape index (κ1) is 18.6. The number of thiophene rings is 1. The summed E-state index contributed by atoms with van der Waals surface area (Å²) in [4.78, 5) is 15.8. The Kier molecular flexibility index (Phi) is 5.87. The van der Waals surface area contributed by atoms with Gasteiger partial charge in [-0.2, -0.15) is 5.10 Å². The molecule has 0 saturated carbocycles. The minimum Gasteiger partial charge on any atom is -0.387 e. The fraction of sp³-hybridized carbons (Fsp3) is 0.579. The fourth-order valence-electron chi connectivity index (χ4n) is 3.83. The number of hydrogen-bond acceptors (Lipinski definition) is 6. The van der Waals surface area contributed by atoms with E-state index in [0.29, 0.717) is 37.9 Å². The molecule has 2 aromatic rings. The lowest BCUT2D eigenvalue weighted by Gasteiger charge is -2.36. The van der Waals surface area contributed by atoms with E-state index in [1.165, 1.54) is 11.3 Å². The molecule has 0 bridgehead atoms. The lowest BCUT2D eigenvalue weighted by atomic mass is 10.1. The zero-order valence-corrected chi connectivity index (χ0v) is 16.1. The number of carbonyl (C=O) groups excluding carboxylic acids is 1. The van der Waals surface area contributed by atoms with Crippen LogP contribution in [0.15, 0.2) is 29.8 Å². The molecular formula is C19H26N4O3S. The normalized spacial score (nSPS) is 24.7. The summed E-state index contributed by atoms with van der Waals surface area (Å²) < 4.78 is 7.49. The van der Waals surface area contributed by atoms with Gasteiger partial charge < -0.3 is 20.1 Å². The van der Waals surface area contributed by atoms with Crippen LogP contribution >= 0.6 is 11.3 Å². The van der Waals surface area contributed by atoms with Gasteiger partial charge in [0.25, 0.3) is 5.91 Å². The molecule has 27 heavy (non-hydrogen) atoms. The smallest absolute Gasteiger partial charge is 0.274 e. The van der Waals surface area contributed by atoms with Gasteiger partial charge in [-0.25, -0.2) is 0 Å². The van der Waals surface area contributed by atoms with E-state index >= 15 is 0 Å². The Morgan fingerprint density at radius 2 is 2.41 bits per heavy atom. The van der Waals surface area contributed by atoms with E-state index in [9.17, 15) is 9.90 Å². The van der Waals surface area contributed by atoms with Gasteiger partial charge in [-0.15, -0.1) is 11.3 Å². The van der Waals surface area contributed by atoms with Crippen molar-refractivity contribution in [1.29, 1.82) is 0 Å². The van der Waals surface area contributed by atoms with Crippen molar-refractivity contribution in [3.63, 3.8) is 0 Å². The third-order valence-corrected chi connectivity index (χ3v) is 6.30. The van der Waals surface area contributed by atoms with Crippen molar-refractivity contribution in [2.24, 2.45) is 0 Å². The predicted molar refractivity (Wildman–Crippen MR) is 103 cm³/mol. The van der Waals surface area contributed by atoms with Gasteiger partial charge in [0.2, 0.25) is 0 Å². The Hall–Kier alpha value is -1.74. The van der Waals surface area contributed by atoms with Gasteiger partial charge in [0.1, 0.15) is 5.69 Å². The number of aromatic nitrogens is 2. The number of carbonyl (C=O) groups is 1. The van der Waals surface area contributed by atoms with Gasteiger partial charge in [-0.1, -0.05) is 6.07 Å². The maximum absolute atomic E-state index is 13.1. The van der Waals surface area contributed by atoms with Gasteiger partial charge in [-0.05, 0) is 36.9 Å². The van der Waals surface area contributed by atoms with Crippen LogP contribution in [0.2, 0.25) is 0 Å². The molecule has 8 heteroatoms. The number of morpholine rings is 1. The number of rotatable bonds is 5. The Bertz CT molecular complexity index is 742. The van der Waals surface area contributed by atoms with Crippen molar-refractivity contribution in [2.45, 2.75) is 37.5 Å². The van der Waals surface area contributed by atoms with E-state index in [1.54, 1.807) is 6.07 Å². The van der Waals surface area contributed by atoms with Crippen LogP contribution in [-0.2, 0) is 4.74 Å². The van der Waals surface area contributed by atoms with Crippen LogP contribution in [0.25, 0.3) is 0 Å². The summed E-state index contributed by atoms with van der Waals surface area (Å²) in [6.07, 6.45) is 3.99. The molecule has 7 nitrogen and oxygen atoms in total. The average molecular weight is 391 g/mol. The number of hydrogen-bond donors (Lipinski definition) is 2. The van der Waals surface area contributed by atoms with E-state index in [0.717, 1.165) is 30.8 Å². The molecule has 2 aliphatic rings. The molecule has 2 aromatic heterocycles. The van der Waals surface area contributed by atoms with E-state index in [-0.39, 0.29) is 11.9 Å². The molecule has 146 valence electrons. The first-order chi connectivity index (χ1) is 13.2. The first-order valence-corrected chi connectivity index (χ1v) is 10.5. The highest BCUT2D eigenvalue weighted by Gasteiger charge is 2.31. The van der Waals surface area contributed by atoms with E-state index in [4.69, 9.17) is 4.74 Å². The zero-order valence-electron chi connectivity index (χ0n) is 15.3. The molecule has 3 unspecified atom stereocenters. The van der Waals surface area contributed by atoms with Crippen LogP contribution in [0.3, 0.4) is 0 Å². The van der Waals surface area contributed by atoms with Crippen molar-refractivity contribution in [3.05, 3.63) is 40.3 Å². The summed E-state index contributed by atoms with van der Waals surface area (Å²) in [6, 6.07) is 5.81. The predicted octanol–water partition coefficient (Wildman–Crippen LogP) is 1.83. The number of nitrogens with zero attached hydrogens (tertiary/aromatic N) is 3. The molecule has 0 radical (unpaired) electrons. The maximum atomic E-state index is 13.1. The maximum Gasteiger partial charge on any atom is 0.274 e. The summed E-state index contributed by atoms with van der Waals surface area (Å²) in [5.41, 5.74) is 0.470. The number of aliphatic hydroxyl groups is 1. The number of amides is 1. The number of ether oxygens (including phenoxy) is 1. The highest BCUT2D eigenvalue weighted by atomic mass is 32.1. The lowest BCUT2D eigenvalue weighted by molar-refractivity contribution is -0.0173. The minimum atomic E-state index is -0.585. The minimum absolute atomic E-state index is 0.0794. The third-order valence-electron chi connectivity index (χ3n) is 5.33. The summed E-state index contributed by atoms with van der Waals surface area (Å²) >= 11 is 1.53. The molecule has 3 atom stereocenters. The summed E-state index contributed by atoms with van der Waals surface area (Å²) in [7, 11) is 0. The summed E-state index contributed by atoms with van der Waals surface area (Å²) in [5.74, 6) is -0.0794. The van der Waals surface area contributed by atoms with Gasteiger partial charge in [0.05, 0.1) is 31.4 Å². The average Bonchev–Trinajstić information content (AvgIpc) is 3.41. The highest BCUT2D eigenvalue weighted by Crippen LogP contribution is 2.26. The monoisotopic (exact) mass is 390 g/mol. The second-order valence-electron chi connectivity index (χ2n) is 7.18. The summed E-state index contributed by atoms with van der Waals surface area (Å²) in [6.45, 7) is 3.43. The van der Waals surface area contributed by atoms with Crippen LogP contribution in [0.1, 0.15) is 46.8 Å². The zero-order chi connectivity index (χ0) is 18.6. The molecular weight excluding hydrogens is 364 g/mol. The summed E-state index contributed by atoms with van der Waals surface area (Å²) in [5, 5.41) is 20.4. The van der Waals surface area contributed by atoms with Gasteiger partial charge in [0, 0.05) is 30.6 Å². The lowest BCUT2D eigenvalue weighted by Crippen LogP contribution is -2.49. The Labute approximate surface area is 162 Å². The van der Waals surface area contributed by atoms with E-state index < -0.39 is 6.10 Å². The molecule has 4 heterocycles. The van der Waals surface area contributed by atoms with Crippen molar-refractivity contribution in [1.82, 2.24) is 20.0 Å². The molecule has 1 amide bonds. The second kappa shape index (κ2) is 8.52. The Morgan fingerprint density at radius 1 is 1.48 bits per heavy atom. The van der Waals surface area contributed by atoms with Crippen molar-refractivity contribution in [2.75, 3.05) is 32.8 Å². The Morgan fingerprint density at radius 3 is 3.19 bits per heavy atom. The van der Waals surface area contributed by atoms with Gasteiger partial charge in [0.15, 0.2) is 0 Å². The number of aliphatic hydroxyl groups excluding tert-OH is 1. The molecule has 0 aliphatic carbocycles. The standard InChI is InChI=1S/C19H26N4O3S/c24-17(18-4-2-10-27-18)11-15-13-26-9-8-22(15)19(25)16-5-7-23(21-16)14-3-1-6-20-12-14/h2,4-5,7,10,14-15,17,20,24H,1,3,6,8-9,11-13H2. The van der Waals surface area contributed by atoms with Crippen LogP contribution in [-0.4, -0.2) is 64.6 Å². The largest absolute Gasteiger partial charge is 0.387 e. The topological polar surface area (TPSA) is 79.6 Å². The molecule has 0 spiro atoms. The molecule has 2 aliphatic heterocycles. The fourth-order valence-corrected chi connectivity index (χ4v) is 4.56. The molecule has 0 aromatic carbocycles. The van der Waals surface area contributed by atoms with Crippen LogP contribution in [0.4, 0.5) is 0 Å².